The third kappa shape index (κ3) is 4.78. The van der Waals surface area contributed by atoms with Crippen LogP contribution in [0.3, 0.4) is 0 Å². The Morgan fingerprint density at radius 1 is 1.27 bits per heavy atom. The van der Waals surface area contributed by atoms with Crippen LogP contribution in [0.25, 0.3) is 16.6 Å². The molecule has 0 aliphatic carbocycles. The highest BCUT2D eigenvalue weighted by Crippen LogP contribution is 2.25. The molecule has 26 heavy (non-hydrogen) atoms. The van der Waals surface area contributed by atoms with Crippen LogP contribution in [0.5, 0.6) is 0 Å². The highest BCUT2D eigenvalue weighted by atomic mass is 35.5. The number of benzene rings is 1. The topological polar surface area (TPSA) is 33.2 Å². The maximum atomic E-state index is 13.0. The molecule has 0 spiro atoms. The van der Waals surface area contributed by atoms with Crippen molar-refractivity contribution in [1.82, 2.24) is 9.88 Å². The number of thiazole rings is 1. The van der Waals surface area contributed by atoms with E-state index in [2.05, 4.69) is 4.98 Å². The molecule has 0 bridgehead atoms. The van der Waals surface area contributed by atoms with Gasteiger partial charge in [0.15, 0.2) is 0 Å². The highest BCUT2D eigenvalue weighted by molar-refractivity contribution is 7.16. The first-order chi connectivity index (χ1) is 12.5. The lowest BCUT2D eigenvalue weighted by atomic mass is 10.2. The second kappa shape index (κ2) is 8.58. The largest absolute Gasteiger partial charge is 0.334 e. The van der Waals surface area contributed by atoms with E-state index >= 15 is 0 Å². The smallest absolute Gasteiger partial charge is 0.246 e. The number of hydrogen-bond donors (Lipinski definition) is 0. The standard InChI is InChI=1S/C19H16ClFN2OS2/c1-2-23(11-16-8-9-17(20)26-16)18(24)10-7-15-12-25-19(22-15)13-3-5-14(21)6-4-13/h3-10,12H,2,11H2,1H3/b10-7+. The Morgan fingerprint density at radius 2 is 2.04 bits per heavy atom. The molecule has 0 saturated heterocycles. The number of likely N-dealkylation sites (N-methyl/N-ethyl adjacent to an activating group) is 1. The number of carbonyl (C=O) groups excluding carboxylic acids is 1. The number of rotatable bonds is 6. The molecule has 2 heterocycles. The van der Waals surface area contributed by atoms with Gasteiger partial charge in [0.05, 0.1) is 16.6 Å². The molecule has 3 aromatic rings. The van der Waals surface area contributed by atoms with Crippen molar-refractivity contribution >= 4 is 46.3 Å². The SMILES string of the molecule is CCN(Cc1ccc(Cl)s1)C(=O)/C=C/c1csc(-c2ccc(F)cc2)n1. The molecule has 3 rings (SSSR count). The summed E-state index contributed by atoms with van der Waals surface area (Å²) in [7, 11) is 0. The van der Waals surface area contributed by atoms with Crippen molar-refractivity contribution in [2.24, 2.45) is 0 Å². The Balaban J connectivity index is 1.66. The predicted octanol–water partition coefficient (Wildman–Crippen LogP) is 5.73. The van der Waals surface area contributed by atoms with Gasteiger partial charge in [-0.25, -0.2) is 9.37 Å². The molecular weight excluding hydrogens is 391 g/mol. The van der Waals surface area contributed by atoms with Crippen molar-refractivity contribution in [3.63, 3.8) is 0 Å². The minimum absolute atomic E-state index is 0.0756. The van der Waals surface area contributed by atoms with Crippen LogP contribution in [-0.4, -0.2) is 22.3 Å². The van der Waals surface area contributed by atoms with Crippen molar-refractivity contribution in [2.45, 2.75) is 13.5 Å². The number of halogens is 2. The van der Waals surface area contributed by atoms with E-state index in [0.29, 0.717) is 18.8 Å². The van der Waals surface area contributed by atoms with Gasteiger partial charge in [0.25, 0.3) is 0 Å². The molecule has 0 N–H and O–H groups in total. The Morgan fingerprint density at radius 3 is 2.69 bits per heavy atom. The molecule has 0 aliphatic heterocycles. The van der Waals surface area contributed by atoms with Crippen LogP contribution in [0.2, 0.25) is 4.34 Å². The molecule has 0 saturated carbocycles. The molecule has 0 aliphatic rings. The zero-order chi connectivity index (χ0) is 18.5. The second-order valence-corrected chi connectivity index (χ2v) is 8.13. The number of carbonyl (C=O) groups is 1. The molecule has 0 fully saturated rings. The van der Waals surface area contributed by atoms with E-state index in [-0.39, 0.29) is 11.7 Å². The zero-order valence-electron chi connectivity index (χ0n) is 14.0. The van der Waals surface area contributed by atoms with E-state index in [0.717, 1.165) is 19.8 Å². The molecule has 134 valence electrons. The fourth-order valence-electron chi connectivity index (χ4n) is 2.32. The summed E-state index contributed by atoms with van der Waals surface area (Å²) in [4.78, 5) is 19.7. The van der Waals surface area contributed by atoms with Crippen LogP contribution >= 0.6 is 34.3 Å². The van der Waals surface area contributed by atoms with Gasteiger partial charge in [-0.1, -0.05) is 11.6 Å². The van der Waals surface area contributed by atoms with Crippen molar-refractivity contribution in [1.29, 1.82) is 0 Å². The van der Waals surface area contributed by atoms with Gasteiger partial charge in [0.2, 0.25) is 5.91 Å². The second-order valence-electron chi connectivity index (χ2n) is 5.48. The Hall–Kier alpha value is -2.02. The lowest BCUT2D eigenvalue weighted by Gasteiger charge is -2.17. The maximum absolute atomic E-state index is 13.0. The molecule has 1 aromatic carbocycles. The summed E-state index contributed by atoms with van der Waals surface area (Å²) >= 11 is 8.87. The van der Waals surface area contributed by atoms with Crippen LogP contribution in [0.4, 0.5) is 4.39 Å². The van der Waals surface area contributed by atoms with E-state index in [1.165, 1.54) is 40.9 Å². The number of thiophene rings is 1. The lowest BCUT2D eigenvalue weighted by molar-refractivity contribution is -0.126. The molecule has 0 atom stereocenters. The molecule has 3 nitrogen and oxygen atoms in total. The summed E-state index contributed by atoms with van der Waals surface area (Å²) in [6, 6.07) is 9.97. The van der Waals surface area contributed by atoms with Gasteiger partial charge in [-0.05, 0) is 49.4 Å². The van der Waals surface area contributed by atoms with Crippen LogP contribution in [-0.2, 0) is 11.3 Å². The van der Waals surface area contributed by atoms with Crippen molar-refractivity contribution < 1.29 is 9.18 Å². The van der Waals surface area contributed by atoms with E-state index in [1.807, 2.05) is 24.4 Å². The van der Waals surface area contributed by atoms with Gasteiger partial charge in [-0.2, -0.15) is 0 Å². The quantitative estimate of drug-likeness (QED) is 0.490. The first-order valence-corrected chi connectivity index (χ1v) is 10.0. The zero-order valence-corrected chi connectivity index (χ0v) is 16.4. The van der Waals surface area contributed by atoms with E-state index < -0.39 is 0 Å². The first kappa shape index (κ1) is 18.8. The predicted molar refractivity (Wildman–Crippen MR) is 107 cm³/mol. The molecule has 7 heteroatoms. The van der Waals surface area contributed by atoms with Crippen LogP contribution in [0, 0.1) is 5.82 Å². The number of amides is 1. The molecule has 1 amide bonds. The number of nitrogens with zero attached hydrogens (tertiary/aromatic N) is 2. The van der Waals surface area contributed by atoms with Gasteiger partial charge < -0.3 is 4.90 Å². The molecular formula is C19H16ClFN2OS2. The van der Waals surface area contributed by atoms with Gasteiger partial charge >= 0.3 is 0 Å². The van der Waals surface area contributed by atoms with E-state index in [4.69, 9.17) is 11.6 Å². The van der Waals surface area contributed by atoms with E-state index in [9.17, 15) is 9.18 Å². The summed E-state index contributed by atoms with van der Waals surface area (Å²) in [5, 5.41) is 2.66. The summed E-state index contributed by atoms with van der Waals surface area (Å²) < 4.78 is 13.7. The van der Waals surface area contributed by atoms with Crippen molar-refractivity contribution in [3.8, 4) is 10.6 Å². The summed E-state index contributed by atoms with van der Waals surface area (Å²) in [6.45, 7) is 3.09. The fraction of sp³-hybridized carbons (Fsp3) is 0.158. The monoisotopic (exact) mass is 406 g/mol. The normalized spacial score (nSPS) is 11.2. The fourth-order valence-corrected chi connectivity index (χ4v) is 4.22. The van der Waals surface area contributed by atoms with Crippen molar-refractivity contribution in [2.75, 3.05) is 6.54 Å². The van der Waals surface area contributed by atoms with Crippen molar-refractivity contribution in [3.05, 3.63) is 68.6 Å². The minimum atomic E-state index is -0.275. The van der Waals surface area contributed by atoms with Crippen LogP contribution in [0.15, 0.2) is 47.9 Å². The average molecular weight is 407 g/mol. The molecule has 2 aromatic heterocycles. The Bertz CT molecular complexity index is 918. The summed E-state index contributed by atoms with van der Waals surface area (Å²) in [6.07, 6.45) is 3.23. The molecule has 0 unspecified atom stereocenters. The third-order valence-corrected chi connectivity index (χ3v) is 5.80. The minimum Gasteiger partial charge on any atom is -0.334 e. The summed E-state index contributed by atoms with van der Waals surface area (Å²) in [5.74, 6) is -0.351. The van der Waals surface area contributed by atoms with Gasteiger partial charge in [-0.3, -0.25) is 4.79 Å². The van der Waals surface area contributed by atoms with Crippen LogP contribution < -0.4 is 0 Å². The van der Waals surface area contributed by atoms with Gasteiger partial charge in [-0.15, -0.1) is 22.7 Å². The highest BCUT2D eigenvalue weighted by Gasteiger charge is 2.11. The van der Waals surface area contributed by atoms with Gasteiger partial charge in [0.1, 0.15) is 10.8 Å². The average Bonchev–Trinajstić information content (AvgIpc) is 3.27. The van der Waals surface area contributed by atoms with E-state index in [1.54, 1.807) is 23.1 Å². The number of aromatic nitrogens is 1. The Labute approximate surface area is 164 Å². The third-order valence-electron chi connectivity index (χ3n) is 3.68. The molecule has 0 radical (unpaired) electrons. The lowest BCUT2D eigenvalue weighted by Crippen LogP contribution is -2.28. The number of hydrogen-bond acceptors (Lipinski definition) is 4. The van der Waals surface area contributed by atoms with Crippen LogP contribution in [0.1, 0.15) is 17.5 Å². The first-order valence-electron chi connectivity index (χ1n) is 7.98. The summed E-state index contributed by atoms with van der Waals surface area (Å²) in [5.41, 5.74) is 1.56. The van der Waals surface area contributed by atoms with Gasteiger partial charge in [0, 0.05) is 28.4 Å². The maximum Gasteiger partial charge on any atom is 0.246 e. The Kier molecular flexibility index (Phi) is 6.19.